The van der Waals surface area contributed by atoms with Crippen LogP contribution >= 0.6 is 0 Å². The molecule has 4 amide bonds. The van der Waals surface area contributed by atoms with E-state index in [0.29, 0.717) is 5.56 Å². The quantitative estimate of drug-likeness (QED) is 0.624. The number of hydrogen-bond donors (Lipinski definition) is 2. The van der Waals surface area contributed by atoms with Crippen molar-refractivity contribution in [1.82, 2.24) is 15.1 Å². The van der Waals surface area contributed by atoms with Gasteiger partial charge in [-0.3, -0.25) is 14.5 Å². The number of amides is 4. The highest BCUT2D eigenvalue weighted by molar-refractivity contribution is 6.09. The maximum Gasteiger partial charge on any atom is 0.325 e. The van der Waals surface area contributed by atoms with Gasteiger partial charge in [-0.1, -0.05) is 60.2 Å². The third-order valence-corrected chi connectivity index (χ3v) is 6.38. The summed E-state index contributed by atoms with van der Waals surface area (Å²) >= 11 is 0. The standard InChI is InChI=1S/C25H29N3O4/c1-17-7-6-10-19(13-17)21(29)15-27(14-18-8-4-3-5-9-18)22(30)16-28-23(31)25(2,20-11-12-20)26-24(28)32/h3-10,13,20-21,29H,11-12,14-16H2,1-2H3,(H,26,32)/t21-,25+/m1/s1. The third kappa shape index (κ3) is 4.53. The molecule has 1 aliphatic carbocycles. The van der Waals surface area contributed by atoms with Crippen LogP contribution in [0.2, 0.25) is 0 Å². The molecule has 0 bridgehead atoms. The first-order valence-corrected chi connectivity index (χ1v) is 11.0. The number of rotatable bonds is 8. The van der Waals surface area contributed by atoms with Gasteiger partial charge in [-0.05, 0) is 43.7 Å². The molecular weight excluding hydrogens is 406 g/mol. The van der Waals surface area contributed by atoms with Gasteiger partial charge in [0.05, 0.1) is 12.6 Å². The molecule has 7 heteroatoms. The van der Waals surface area contributed by atoms with Crippen molar-refractivity contribution in [2.75, 3.05) is 13.1 Å². The van der Waals surface area contributed by atoms with E-state index in [1.54, 1.807) is 6.92 Å². The van der Waals surface area contributed by atoms with E-state index in [-0.39, 0.29) is 37.4 Å². The summed E-state index contributed by atoms with van der Waals surface area (Å²) in [6.45, 7) is 3.66. The lowest BCUT2D eigenvalue weighted by molar-refractivity contribution is -0.140. The van der Waals surface area contributed by atoms with Crippen molar-refractivity contribution in [3.05, 3.63) is 71.3 Å². The van der Waals surface area contributed by atoms with Gasteiger partial charge in [0.15, 0.2) is 0 Å². The van der Waals surface area contributed by atoms with E-state index in [9.17, 15) is 19.5 Å². The maximum absolute atomic E-state index is 13.3. The highest BCUT2D eigenvalue weighted by atomic mass is 16.3. The number of aliphatic hydroxyl groups excluding tert-OH is 1. The number of aryl methyl sites for hydroxylation is 1. The first-order valence-electron chi connectivity index (χ1n) is 11.0. The SMILES string of the molecule is Cc1cccc([C@H](O)CN(Cc2ccccc2)C(=O)CN2C(=O)N[C@@](C)(C3CC3)C2=O)c1. The summed E-state index contributed by atoms with van der Waals surface area (Å²) in [5.74, 6) is -0.607. The highest BCUT2D eigenvalue weighted by Gasteiger charge is 2.56. The van der Waals surface area contributed by atoms with E-state index < -0.39 is 17.7 Å². The Morgan fingerprint density at radius 1 is 1.19 bits per heavy atom. The van der Waals surface area contributed by atoms with Gasteiger partial charge in [0.2, 0.25) is 5.91 Å². The van der Waals surface area contributed by atoms with Gasteiger partial charge in [0.25, 0.3) is 5.91 Å². The van der Waals surface area contributed by atoms with Crippen LogP contribution in [0.25, 0.3) is 0 Å². The van der Waals surface area contributed by atoms with Crippen molar-refractivity contribution >= 4 is 17.8 Å². The number of carbonyl (C=O) groups excluding carboxylic acids is 3. The Morgan fingerprint density at radius 3 is 2.56 bits per heavy atom. The van der Waals surface area contributed by atoms with Crippen LogP contribution in [0.4, 0.5) is 4.79 Å². The van der Waals surface area contributed by atoms with E-state index in [1.165, 1.54) is 4.90 Å². The van der Waals surface area contributed by atoms with Gasteiger partial charge >= 0.3 is 6.03 Å². The molecule has 1 aliphatic heterocycles. The number of urea groups is 1. The third-order valence-electron chi connectivity index (χ3n) is 6.38. The van der Waals surface area contributed by atoms with Crippen molar-refractivity contribution in [3.63, 3.8) is 0 Å². The Morgan fingerprint density at radius 2 is 1.91 bits per heavy atom. The fourth-order valence-corrected chi connectivity index (χ4v) is 4.28. The van der Waals surface area contributed by atoms with E-state index in [1.807, 2.05) is 61.5 Å². The largest absolute Gasteiger partial charge is 0.387 e. The van der Waals surface area contributed by atoms with Gasteiger partial charge in [-0.25, -0.2) is 4.79 Å². The molecular formula is C25H29N3O4. The topological polar surface area (TPSA) is 89.9 Å². The molecule has 0 aromatic heterocycles. The van der Waals surface area contributed by atoms with Crippen LogP contribution in [0.5, 0.6) is 0 Å². The molecule has 2 atom stereocenters. The number of nitrogens with zero attached hydrogens (tertiary/aromatic N) is 2. The van der Waals surface area contributed by atoms with E-state index in [0.717, 1.165) is 28.9 Å². The average molecular weight is 436 g/mol. The minimum atomic E-state index is -0.928. The molecule has 2 aromatic carbocycles. The summed E-state index contributed by atoms with van der Waals surface area (Å²) in [6.07, 6.45) is 0.905. The number of nitrogens with one attached hydrogen (secondary N) is 1. The lowest BCUT2D eigenvalue weighted by atomic mass is 9.96. The Hall–Kier alpha value is -3.19. The van der Waals surface area contributed by atoms with Crippen LogP contribution < -0.4 is 5.32 Å². The monoisotopic (exact) mass is 435 g/mol. The first-order chi connectivity index (χ1) is 15.3. The van der Waals surface area contributed by atoms with Crippen LogP contribution in [0.1, 0.15) is 42.6 Å². The van der Waals surface area contributed by atoms with Gasteiger partial charge < -0.3 is 15.3 Å². The molecule has 0 unspecified atom stereocenters. The minimum Gasteiger partial charge on any atom is -0.387 e. The maximum atomic E-state index is 13.3. The summed E-state index contributed by atoms with van der Waals surface area (Å²) in [4.78, 5) is 41.2. The predicted octanol–water partition coefficient (Wildman–Crippen LogP) is 2.78. The number of carbonyl (C=O) groups is 3. The summed E-state index contributed by atoms with van der Waals surface area (Å²) in [6, 6.07) is 16.4. The molecule has 1 heterocycles. The van der Waals surface area contributed by atoms with E-state index in [4.69, 9.17) is 0 Å². The smallest absolute Gasteiger partial charge is 0.325 e. The van der Waals surface area contributed by atoms with Crippen LogP contribution in [0.15, 0.2) is 54.6 Å². The second kappa shape index (κ2) is 8.74. The van der Waals surface area contributed by atoms with Crippen molar-refractivity contribution in [2.45, 2.75) is 44.9 Å². The van der Waals surface area contributed by atoms with Gasteiger partial charge in [-0.2, -0.15) is 0 Å². The Kier molecular flexibility index (Phi) is 6.02. The molecule has 0 spiro atoms. The van der Waals surface area contributed by atoms with Crippen molar-refractivity contribution in [2.24, 2.45) is 5.92 Å². The van der Waals surface area contributed by atoms with Crippen LogP contribution in [0.3, 0.4) is 0 Å². The van der Waals surface area contributed by atoms with Gasteiger partial charge in [0, 0.05) is 6.54 Å². The van der Waals surface area contributed by atoms with Crippen LogP contribution in [-0.4, -0.2) is 51.4 Å². The predicted molar refractivity (Wildman–Crippen MR) is 119 cm³/mol. The molecule has 1 saturated carbocycles. The Balaban J connectivity index is 1.51. The Bertz CT molecular complexity index is 1020. The zero-order chi connectivity index (χ0) is 22.9. The number of aliphatic hydroxyl groups is 1. The van der Waals surface area contributed by atoms with Crippen molar-refractivity contribution in [3.8, 4) is 0 Å². The lowest BCUT2D eigenvalue weighted by Crippen LogP contribution is -2.47. The zero-order valence-electron chi connectivity index (χ0n) is 18.5. The summed E-state index contributed by atoms with van der Waals surface area (Å²) in [5.41, 5.74) is 1.70. The molecule has 2 aliphatic rings. The molecule has 2 aromatic rings. The Labute approximate surface area is 188 Å². The van der Waals surface area contributed by atoms with Crippen LogP contribution in [0, 0.1) is 12.8 Å². The summed E-state index contributed by atoms with van der Waals surface area (Å²) in [5, 5.41) is 13.6. The zero-order valence-corrected chi connectivity index (χ0v) is 18.5. The molecule has 7 nitrogen and oxygen atoms in total. The lowest BCUT2D eigenvalue weighted by Gasteiger charge is -2.27. The second-order valence-corrected chi connectivity index (χ2v) is 8.99. The fourth-order valence-electron chi connectivity index (χ4n) is 4.28. The molecule has 32 heavy (non-hydrogen) atoms. The number of hydrogen-bond acceptors (Lipinski definition) is 4. The minimum absolute atomic E-state index is 0.0563. The number of imide groups is 1. The van der Waals surface area contributed by atoms with Gasteiger partial charge in [0.1, 0.15) is 12.1 Å². The van der Waals surface area contributed by atoms with Gasteiger partial charge in [-0.15, -0.1) is 0 Å². The fraction of sp³-hybridized carbons (Fsp3) is 0.400. The molecule has 2 fully saturated rings. The average Bonchev–Trinajstić information content (AvgIpc) is 3.60. The summed E-state index contributed by atoms with van der Waals surface area (Å²) < 4.78 is 0. The van der Waals surface area contributed by atoms with E-state index >= 15 is 0 Å². The normalized spacial score (nSPS) is 21.4. The molecule has 2 N–H and O–H groups in total. The van der Waals surface area contributed by atoms with E-state index in [2.05, 4.69) is 5.32 Å². The second-order valence-electron chi connectivity index (χ2n) is 8.99. The summed E-state index contributed by atoms with van der Waals surface area (Å²) in [7, 11) is 0. The molecule has 0 radical (unpaired) electrons. The first kappa shape index (κ1) is 22.0. The van der Waals surface area contributed by atoms with Crippen molar-refractivity contribution < 1.29 is 19.5 Å². The molecule has 1 saturated heterocycles. The number of benzene rings is 2. The molecule has 4 rings (SSSR count). The highest BCUT2D eigenvalue weighted by Crippen LogP contribution is 2.42. The van der Waals surface area contributed by atoms with Crippen LogP contribution in [-0.2, 0) is 16.1 Å². The van der Waals surface area contributed by atoms with Crippen molar-refractivity contribution in [1.29, 1.82) is 0 Å². The molecule has 168 valence electrons.